The van der Waals surface area contributed by atoms with Gasteiger partial charge < -0.3 is 5.73 Å². The molecule has 3 aromatic rings. The van der Waals surface area contributed by atoms with E-state index in [0.29, 0.717) is 35.4 Å². The first-order valence-corrected chi connectivity index (χ1v) is 10.2. The molecule has 0 fully saturated rings. The Bertz CT molecular complexity index is 1270. The summed E-state index contributed by atoms with van der Waals surface area (Å²) in [5, 5.41) is 2.37. The molecule has 1 aliphatic rings. The van der Waals surface area contributed by atoms with Gasteiger partial charge in [-0.05, 0) is 49.1 Å². The quantitative estimate of drug-likeness (QED) is 0.454. The molecule has 0 atom stereocenters. The molecule has 0 saturated carbocycles. The fourth-order valence-corrected chi connectivity index (χ4v) is 3.51. The fourth-order valence-electron chi connectivity index (χ4n) is 3.51. The highest BCUT2D eigenvalue weighted by molar-refractivity contribution is 6.04. The number of carbonyl (C=O) groups is 1. The molecule has 0 spiro atoms. The highest BCUT2D eigenvalue weighted by atomic mass is 19.1. The number of amidine groups is 1. The Morgan fingerprint density at radius 2 is 1.94 bits per heavy atom. The smallest absolute Gasteiger partial charge is 0.263 e. The summed E-state index contributed by atoms with van der Waals surface area (Å²) in [5.41, 5.74) is 8.92. The number of halogens is 2. The van der Waals surface area contributed by atoms with Crippen LogP contribution >= 0.6 is 0 Å². The largest absolute Gasteiger partial charge is 0.383 e. The average molecular weight is 446 g/mol. The monoisotopic (exact) mass is 446 g/mol. The van der Waals surface area contributed by atoms with E-state index in [4.69, 9.17) is 5.73 Å². The number of nitrogens with one attached hydrogen (secondary N) is 1. The van der Waals surface area contributed by atoms with Crippen molar-refractivity contribution in [2.75, 3.05) is 5.32 Å². The number of anilines is 1. The summed E-state index contributed by atoms with van der Waals surface area (Å²) in [4.78, 5) is 29.7. The van der Waals surface area contributed by atoms with Crippen molar-refractivity contribution < 1.29 is 13.6 Å². The Labute approximate surface area is 188 Å². The van der Waals surface area contributed by atoms with Crippen LogP contribution in [0.4, 0.5) is 14.7 Å². The number of rotatable bonds is 5. The summed E-state index contributed by atoms with van der Waals surface area (Å²) in [6.45, 7) is 3.89. The predicted octanol–water partition coefficient (Wildman–Crippen LogP) is 4.04. The van der Waals surface area contributed by atoms with Gasteiger partial charge in [0.25, 0.3) is 5.91 Å². The number of nitrogens with zero attached hydrogens (tertiary/aromatic N) is 4. The van der Waals surface area contributed by atoms with Gasteiger partial charge in [0.15, 0.2) is 0 Å². The van der Waals surface area contributed by atoms with Crippen molar-refractivity contribution in [3.8, 4) is 0 Å². The normalized spacial score (nSPS) is 13.8. The number of aromatic nitrogens is 3. The number of allylic oxidation sites excluding steroid dienone is 2. The van der Waals surface area contributed by atoms with Gasteiger partial charge in [0, 0.05) is 29.7 Å². The maximum absolute atomic E-state index is 13.9. The van der Waals surface area contributed by atoms with Gasteiger partial charge >= 0.3 is 0 Å². The number of aliphatic imine (C=N–C) groups is 1. The molecule has 3 N–H and O–H groups in total. The van der Waals surface area contributed by atoms with Gasteiger partial charge in [-0.1, -0.05) is 18.7 Å². The van der Waals surface area contributed by atoms with E-state index in [1.165, 1.54) is 12.3 Å². The van der Waals surface area contributed by atoms with Crippen LogP contribution in [0.25, 0.3) is 5.70 Å². The summed E-state index contributed by atoms with van der Waals surface area (Å²) in [7, 11) is 0. The van der Waals surface area contributed by atoms with Gasteiger partial charge in [0.05, 0.1) is 11.4 Å². The SMILES string of the molecule is C=CC1=C(N=C(N)c2cccnc2)c2cnc(NC(=O)c3c(F)cccc3F)nc2CCC1. The number of fused-ring (bicyclic) bond motifs is 1. The third kappa shape index (κ3) is 4.67. The number of carbonyl (C=O) groups excluding carboxylic acids is 1. The minimum Gasteiger partial charge on any atom is -0.383 e. The van der Waals surface area contributed by atoms with Crippen molar-refractivity contribution in [1.29, 1.82) is 0 Å². The van der Waals surface area contributed by atoms with Gasteiger partial charge in [-0.2, -0.15) is 0 Å². The molecular formula is C24H20F2N6O. The van der Waals surface area contributed by atoms with Crippen LogP contribution in [0.3, 0.4) is 0 Å². The van der Waals surface area contributed by atoms with Gasteiger partial charge in [0.1, 0.15) is 23.0 Å². The molecule has 2 heterocycles. The van der Waals surface area contributed by atoms with Gasteiger partial charge in [-0.15, -0.1) is 0 Å². The summed E-state index contributed by atoms with van der Waals surface area (Å²) >= 11 is 0. The first-order chi connectivity index (χ1) is 16.0. The summed E-state index contributed by atoms with van der Waals surface area (Å²) < 4.78 is 27.9. The van der Waals surface area contributed by atoms with Crippen molar-refractivity contribution in [1.82, 2.24) is 15.0 Å². The van der Waals surface area contributed by atoms with Crippen LogP contribution < -0.4 is 11.1 Å². The fraction of sp³-hybridized carbons (Fsp3) is 0.125. The van der Waals surface area contributed by atoms with Crippen LogP contribution in [0, 0.1) is 11.6 Å². The lowest BCUT2D eigenvalue weighted by atomic mass is 10.1. The molecular weight excluding hydrogens is 426 g/mol. The highest BCUT2D eigenvalue weighted by Gasteiger charge is 2.21. The first kappa shape index (κ1) is 21.9. The molecule has 0 radical (unpaired) electrons. The minimum absolute atomic E-state index is 0.0629. The van der Waals surface area contributed by atoms with E-state index in [2.05, 4.69) is 31.8 Å². The lowest BCUT2D eigenvalue weighted by Gasteiger charge is -2.12. The number of aryl methyl sites for hydroxylation is 1. The first-order valence-electron chi connectivity index (χ1n) is 10.2. The van der Waals surface area contributed by atoms with Crippen LogP contribution in [-0.4, -0.2) is 26.7 Å². The maximum Gasteiger partial charge on any atom is 0.263 e. The molecule has 0 bridgehead atoms. The number of nitrogens with two attached hydrogens (primary N) is 1. The molecule has 2 aromatic heterocycles. The Morgan fingerprint density at radius 1 is 1.15 bits per heavy atom. The van der Waals surface area contributed by atoms with Crippen LogP contribution in [-0.2, 0) is 6.42 Å². The Morgan fingerprint density at radius 3 is 2.64 bits per heavy atom. The van der Waals surface area contributed by atoms with Crippen LogP contribution in [0.2, 0.25) is 0 Å². The van der Waals surface area contributed by atoms with Crippen molar-refractivity contribution in [2.45, 2.75) is 19.3 Å². The second kappa shape index (κ2) is 9.47. The van der Waals surface area contributed by atoms with Crippen LogP contribution in [0.15, 0.2) is 72.1 Å². The van der Waals surface area contributed by atoms with E-state index >= 15 is 0 Å². The van der Waals surface area contributed by atoms with E-state index in [9.17, 15) is 13.6 Å². The van der Waals surface area contributed by atoms with Gasteiger partial charge in [-0.3, -0.25) is 15.1 Å². The summed E-state index contributed by atoms with van der Waals surface area (Å²) in [6, 6.07) is 6.76. The zero-order valence-electron chi connectivity index (χ0n) is 17.6. The van der Waals surface area contributed by atoms with E-state index < -0.39 is 23.1 Å². The zero-order valence-corrected chi connectivity index (χ0v) is 17.6. The number of pyridine rings is 1. The van der Waals surface area contributed by atoms with Crippen molar-refractivity contribution in [2.24, 2.45) is 10.7 Å². The molecule has 0 aliphatic heterocycles. The van der Waals surface area contributed by atoms with E-state index in [-0.39, 0.29) is 11.8 Å². The van der Waals surface area contributed by atoms with Crippen molar-refractivity contribution >= 4 is 23.4 Å². The van der Waals surface area contributed by atoms with E-state index in [1.54, 1.807) is 30.6 Å². The molecule has 7 nitrogen and oxygen atoms in total. The molecule has 1 amide bonds. The van der Waals surface area contributed by atoms with E-state index in [1.807, 2.05) is 0 Å². The standard InChI is InChI=1S/C24H20F2N6O/c1-2-14-6-3-10-19-16(21(14)31-22(27)15-7-5-11-28-12-15)13-29-24(30-19)32-23(33)20-17(25)8-4-9-18(20)26/h2,4-5,7-9,11-13H,1,3,6,10H2,(H2,27,31)(H,29,30,32,33). The molecule has 9 heteroatoms. The topological polar surface area (TPSA) is 106 Å². The summed E-state index contributed by atoms with van der Waals surface area (Å²) in [6.07, 6.45) is 8.52. The second-order valence-electron chi connectivity index (χ2n) is 7.28. The molecule has 0 unspecified atom stereocenters. The summed E-state index contributed by atoms with van der Waals surface area (Å²) in [5.74, 6) is -2.70. The molecule has 1 aromatic carbocycles. The third-order valence-corrected chi connectivity index (χ3v) is 5.14. The third-order valence-electron chi connectivity index (χ3n) is 5.14. The lowest BCUT2D eigenvalue weighted by molar-refractivity contribution is 0.101. The zero-order chi connectivity index (χ0) is 23.4. The maximum atomic E-state index is 13.9. The number of hydrogen-bond acceptors (Lipinski definition) is 5. The lowest BCUT2D eigenvalue weighted by Crippen LogP contribution is -2.18. The van der Waals surface area contributed by atoms with Crippen LogP contribution in [0.1, 0.15) is 40.0 Å². The average Bonchev–Trinajstić information content (AvgIpc) is 2.98. The van der Waals surface area contributed by atoms with E-state index in [0.717, 1.165) is 24.1 Å². The number of benzene rings is 1. The van der Waals surface area contributed by atoms with Crippen LogP contribution in [0.5, 0.6) is 0 Å². The minimum atomic E-state index is -0.972. The number of amides is 1. The number of hydrogen-bond donors (Lipinski definition) is 2. The Balaban J connectivity index is 1.70. The molecule has 0 saturated heterocycles. The predicted molar refractivity (Wildman–Crippen MR) is 121 cm³/mol. The highest BCUT2D eigenvalue weighted by Crippen LogP contribution is 2.31. The molecule has 166 valence electrons. The molecule has 1 aliphatic carbocycles. The Kier molecular flexibility index (Phi) is 6.30. The van der Waals surface area contributed by atoms with Gasteiger partial charge in [-0.25, -0.2) is 23.7 Å². The second-order valence-corrected chi connectivity index (χ2v) is 7.28. The van der Waals surface area contributed by atoms with Crippen molar-refractivity contribution in [3.63, 3.8) is 0 Å². The molecule has 4 rings (SSSR count). The molecule has 33 heavy (non-hydrogen) atoms. The Hall–Kier alpha value is -4.27. The van der Waals surface area contributed by atoms with Gasteiger partial charge in [0.2, 0.25) is 5.95 Å². The van der Waals surface area contributed by atoms with Crippen molar-refractivity contribution in [3.05, 3.63) is 101 Å².